The molecule has 17 heavy (non-hydrogen) atoms. The molecule has 0 fully saturated rings. The molecule has 0 bridgehead atoms. The largest absolute Gasteiger partial charge is 0.454 e. The Morgan fingerprint density at radius 2 is 2.06 bits per heavy atom. The second-order valence-electron chi connectivity index (χ2n) is 4.27. The highest BCUT2D eigenvalue weighted by Gasteiger charge is 2.16. The van der Waals surface area contributed by atoms with Crippen LogP contribution in [0.4, 0.5) is 0 Å². The molecule has 0 spiro atoms. The lowest BCUT2D eigenvalue weighted by molar-refractivity contribution is 0.174. The van der Waals surface area contributed by atoms with Gasteiger partial charge in [0.15, 0.2) is 17.3 Å². The molecule has 1 aliphatic rings. The number of hydrogen-bond donors (Lipinski definition) is 1. The van der Waals surface area contributed by atoms with Gasteiger partial charge in [0.1, 0.15) is 5.82 Å². The SMILES string of the molecule is CC(C)c1nc(-c2ccc3c(c2)OCO3)n[nH]1. The average molecular weight is 231 g/mol. The van der Waals surface area contributed by atoms with Crippen LogP contribution in [0.3, 0.4) is 0 Å². The maximum atomic E-state index is 5.33. The van der Waals surface area contributed by atoms with E-state index in [2.05, 4.69) is 29.0 Å². The summed E-state index contributed by atoms with van der Waals surface area (Å²) in [6.45, 7) is 4.43. The van der Waals surface area contributed by atoms with E-state index in [0.717, 1.165) is 22.9 Å². The van der Waals surface area contributed by atoms with Crippen LogP contribution in [0.15, 0.2) is 18.2 Å². The molecule has 1 aliphatic heterocycles. The average Bonchev–Trinajstić information content (AvgIpc) is 2.97. The number of rotatable bonds is 2. The first-order chi connectivity index (χ1) is 8.24. The van der Waals surface area contributed by atoms with Crippen LogP contribution >= 0.6 is 0 Å². The standard InChI is InChI=1S/C12H13N3O2/c1-7(2)11-13-12(15-14-11)8-3-4-9-10(5-8)17-6-16-9/h3-5,7H,6H2,1-2H3,(H,13,14,15). The van der Waals surface area contributed by atoms with Crippen LogP contribution in [0.1, 0.15) is 25.6 Å². The van der Waals surface area contributed by atoms with Crippen LogP contribution in [0.25, 0.3) is 11.4 Å². The van der Waals surface area contributed by atoms with Gasteiger partial charge in [0.25, 0.3) is 0 Å². The van der Waals surface area contributed by atoms with Crippen molar-refractivity contribution in [1.82, 2.24) is 15.2 Å². The lowest BCUT2D eigenvalue weighted by atomic mass is 10.2. The Hall–Kier alpha value is -2.04. The fourth-order valence-electron chi connectivity index (χ4n) is 1.70. The third-order valence-electron chi connectivity index (χ3n) is 2.68. The molecule has 3 rings (SSSR count). The Labute approximate surface area is 98.8 Å². The van der Waals surface area contributed by atoms with Crippen molar-refractivity contribution in [3.05, 3.63) is 24.0 Å². The number of ether oxygens (including phenoxy) is 2. The van der Waals surface area contributed by atoms with Gasteiger partial charge >= 0.3 is 0 Å². The van der Waals surface area contributed by atoms with Crippen molar-refractivity contribution >= 4 is 0 Å². The van der Waals surface area contributed by atoms with Crippen LogP contribution in [0, 0.1) is 0 Å². The van der Waals surface area contributed by atoms with E-state index in [9.17, 15) is 0 Å². The summed E-state index contributed by atoms with van der Waals surface area (Å²) in [5.41, 5.74) is 0.928. The van der Waals surface area contributed by atoms with Crippen molar-refractivity contribution in [2.75, 3.05) is 6.79 Å². The van der Waals surface area contributed by atoms with Crippen molar-refractivity contribution in [2.24, 2.45) is 0 Å². The van der Waals surface area contributed by atoms with Gasteiger partial charge in [0, 0.05) is 11.5 Å². The molecule has 5 nitrogen and oxygen atoms in total. The van der Waals surface area contributed by atoms with Crippen LogP contribution in [0.5, 0.6) is 11.5 Å². The second-order valence-corrected chi connectivity index (χ2v) is 4.27. The Morgan fingerprint density at radius 1 is 1.24 bits per heavy atom. The molecule has 0 radical (unpaired) electrons. The molecular weight excluding hydrogens is 218 g/mol. The molecule has 0 atom stereocenters. The van der Waals surface area contributed by atoms with Gasteiger partial charge in [0.05, 0.1) is 0 Å². The molecule has 1 aromatic heterocycles. The smallest absolute Gasteiger partial charge is 0.231 e. The summed E-state index contributed by atoms with van der Waals surface area (Å²) >= 11 is 0. The van der Waals surface area contributed by atoms with E-state index in [-0.39, 0.29) is 6.79 Å². The molecular formula is C12H13N3O2. The van der Waals surface area contributed by atoms with Gasteiger partial charge in [-0.15, -0.1) is 0 Å². The summed E-state index contributed by atoms with van der Waals surface area (Å²) in [5.74, 6) is 3.43. The van der Waals surface area contributed by atoms with E-state index < -0.39 is 0 Å². The van der Waals surface area contributed by atoms with Gasteiger partial charge in [0.2, 0.25) is 6.79 Å². The molecule has 0 aliphatic carbocycles. The van der Waals surface area contributed by atoms with Gasteiger partial charge in [-0.2, -0.15) is 5.10 Å². The second kappa shape index (κ2) is 3.76. The number of aromatic amines is 1. The normalized spacial score (nSPS) is 13.4. The van der Waals surface area contributed by atoms with Crippen molar-refractivity contribution in [3.8, 4) is 22.9 Å². The van der Waals surface area contributed by atoms with Gasteiger partial charge < -0.3 is 9.47 Å². The third kappa shape index (κ3) is 1.73. The number of H-pyrrole nitrogens is 1. The zero-order chi connectivity index (χ0) is 11.8. The quantitative estimate of drug-likeness (QED) is 0.861. The molecule has 1 N–H and O–H groups in total. The van der Waals surface area contributed by atoms with E-state index in [1.54, 1.807) is 0 Å². The van der Waals surface area contributed by atoms with Crippen LogP contribution in [-0.4, -0.2) is 22.0 Å². The summed E-state index contributed by atoms with van der Waals surface area (Å²) in [7, 11) is 0. The number of hydrogen-bond acceptors (Lipinski definition) is 4. The van der Waals surface area contributed by atoms with Crippen molar-refractivity contribution < 1.29 is 9.47 Å². The fourth-order valence-corrected chi connectivity index (χ4v) is 1.70. The first-order valence-corrected chi connectivity index (χ1v) is 5.56. The van der Waals surface area contributed by atoms with Crippen LogP contribution in [-0.2, 0) is 0 Å². The molecule has 1 aromatic carbocycles. The highest BCUT2D eigenvalue weighted by atomic mass is 16.7. The Bertz CT molecular complexity index is 548. The minimum Gasteiger partial charge on any atom is -0.454 e. The molecule has 88 valence electrons. The molecule has 0 amide bonds. The van der Waals surface area contributed by atoms with E-state index in [0.29, 0.717) is 11.7 Å². The van der Waals surface area contributed by atoms with E-state index >= 15 is 0 Å². The summed E-state index contributed by atoms with van der Waals surface area (Å²) < 4.78 is 10.6. The molecule has 0 saturated carbocycles. The summed E-state index contributed by atoms with van der Waals surface area (Å²) in [4.78, 5) is 4.44. The third-order valence-corrected chi connectivity index (χ3v) is 2.68. The summed E-state index contributed by atoms with van der Waals surface area (Å²) in [5, 5.41) is 7.14. The number of nitrogens with one attached hydrogen (secondary N) is 1. The lowest BCUT2D eigenvalue weighted by Crippen LogP contribution is -1.92. The number of nitrogens with zero attached hydrogens (tertiary/aromatic N) is 2. The Balaban J connectivity index is 1.97. The Kier molecular flexibility index (Phi) is 2.24. The van der Waals surface area contributed by atoms with Gasteiger partial charge in [-0.1, -0.05) is 13.8 Å². The van der Waals surface area contributed by atoms with E-state index in [1.165, 1.54) is 0 Å². The number of benzene rings is 1. The first-order valence-electron chi connectivity index (χ1n) is 5.56. The number of fused-ring (bicyclic) bond motifs is 1. The fraction of sp³-hybridized carbons (Fsp3) is 0.333. The molecule has 5 heteroatoms. The van der Waals surface area contributed by atoms with Gasteiger partial charge in [-0.3, -0.25) is 5.10 Å². The first kappa shape index (κ1) is 10.1. The lowest BCUT2D eigenvalue weighted by Gasteiger charge is -1.98. The van der Waals surface area contributed by atoms with Crippen molar-refractivity contribution in [2.45, 2.75) is 19.8 Å². The molecule has 2 aromatic rings. The van der Waals surface area contributed by atoms with E-state index in [4.69, 9.17) is 9.47 Å². The zero-order valence-electron chi connectivity index (χ0n) is 9.73. The zero-order valence-corrected chi connectivity index (χ0v) is 9.73. The minimum absolute atomic E-state index is 0.282. The monoisotopic (exact) mass is 231 g/mol. The summed E-state index contributed by atoms with van der Waals surface area (Å²) in [6, 6.07) is 5.71. The Morgan fingerprint density at radius 3 is 2.82 bits per heavy atom. The van der Waals surface area contributed by atoms with Gasteiger partial charge in [-0.25, -0.2) is 4.98 Å². The van der Waals surface area contributed by atoms with Gasteiger partial charge in [-0.05, 0) is 18.2 Å². The number of aromatic nitrogens is 3. The predicted octanol–water partition coefficient (Wildman–Crippen LogP) is 2.32. The van der Waals surface area contributed by atoms with Crippen LogP contribution < -0.4 is 9.47 Å². The van der Waals surface area contributed by atoms with Crippen molar-refractivity contribution in [3.63, 3.8) is 0 Å². The summed E-state index contributed by atoms with van der Waals surface area (Å²) in [6.07, 6.45) is 0. The van der Waals surface area contributed by atoms with Crippen LogP contribution in [0.2, 0.25) is 0 Å². The van der Waals surface area contributed by atoms with Crippen molar-refractivity contribution in [1.29, 1.82) is 0 Å². The maximum absolute atomic E-state index is 5.33. The molecule has 0 saturated heterocycles. The highest BCUT2D eigenvalue weighted by molar-refractivity contribution is 5.61. The maximum Gasteiger partial charge on any atom is 0.231 e. The topological polar surface area (TPSA) is 60.0 Å². The molecule has 0 unspecified atom stereocenters. The minimum atomic E-state index is 0.282. The molecule has 2 heterocycles. The van der Waals surface area contributed by atoms with E-state index in [1.807, 2.05) is 18.2 Å². The highest BCUT2D eigenvalue weighted by Crippen LogP contribution is 2.35. The predicted molar refractivity (Wildman–Crippen MR) is 62.0 cm³/mol.